The average molecular weight is 260 g/mol. The zero-order chi connectivity index (χ0) is 13.8. The third-order valence-electron chi connectivity index (χ3n) is 3.34. The van der Waals surface area contributed by atoms with E-state index in [0.29, 0.717) is 0 Å². The van der Waals surface area contributed by atoms with Crippen LogP contribution in [-0.2, 0) is 19.1 Å². The molecule has 1 aromatic carbocycles. The van der Waals surface area contributed by atoms with Crippen molar-refractivity contribution in [2.24, 2.45) is 5.92 Å². The molecule has 2 rings (SSSR count). The van der Waals surface area contributed by atoms with Crippen LogP contribution in [0, 0.1) is 5.92 Å². The van der Waals surface area contributed by atoms with Crippen molar-refractivity contribution in [1.29, 1.82) is 0 Å². The number of Topliss-reactive ketones (excluding diaryl/α,β-unsaturated/α-hetero) is 2. The highest BCUT2D eigenvalue weighted by atomic mass is 16.5. The molecule has 0 unspecified atom stereocenters. The first kappa shape index (κ1) is 13.5. The number of ether oxygens (including phenoxy) is 1. The predicted molar refractivity (Wildman–Crippen MR) is 68.6 cm³/mol. The van der Waals surface area contributed by atoms with E-state index in [0.717, 1.165) is 5.56 Å². The quantitative estimate of drug-likeness (QED) is 0.615. The van der Waals surface area contributed by atoms with Crippen LogP contribution in [0.5, 0.6) is 0 Å². The van der Waals surface area contributed by atoms with Gasteiger partial charge in [-0.2, -0.15) is 0 Å². The smallest absolute Gasteiger partial charge is 0.317 e. The van der Waals surface area contributed by atoms with Crippen LogP contribution in [0.4, 0.5) is 0 Å². The molecule has 1 aliphatic carbocycles. The maximum Gasteiger partial charge on any atom is 0.317 e. The van der Waals surface area contributed by atoms with Gasteiger partial charge in [0.25, 0.3) is 0 Å². The normalized spacial score (nSPS) is 23.2. The molecular weight excluding hydrogens is 244 g/mol. The van der Waals surface area contributed by atoms with Crippen LogP contribution < -0.4 is 0 Å². The van der Waals surface area contributed by atoms with Gasteiger partial charge in [0.05, 0.1) is 13.0 Å². The van der Waals surface area contributed by atoms with Gasteiger partial charge in [-0.3, -0.25) is 14.4 Å². The summed E-state index contributed by atoms with van der Waals surface area (Å²) in [7, 11) is 0. The molecule has 0 aromatic heterocycles. The van der Waals surface area contributed by atoms with Crippen LogP contribution in [0.3, 0.4) is 0 Å². The van der Waals surface area contributed by atoms with Crippen LogP contribution in [0.15, 0.2) is 30.3 Å². The fourth-order valence-corrected chi connectivity index (χ4v) is 2.50. The molecule has 100 valence electrons. The van der Waals surface area contributed by atoms with Gasteiger partial charge in [0.2, 0.25) is 0 Å². The van der Waals surface area contributed by atoms with E-state index in [-0.39, 0.29) is 31.0 Å². The molecule has 19 heavy (non-hydrogen) atoms. The van der Waals surface area contributed by atoms with E-state index in [1.807, 2.05) is 30.3 Å². The second kappa shape index (κ2) is 5.78. The molecule has 0 aliphatic heterocycles. The lowest BCUT2D eigenvalue weighted by Gasteiger charge is -2.28. The largest absolute Gasteiger partial charge is 0.465 e. The zero-order valence-electron chi connectivity index (χ0n) is 10.8. The summed E-state index contributed by atoms with van der Waals surface area (Å²) in [6.07, 6.45) is 0.0616. The Bertz CT molecular complexity index is 492. The van der Waals surface area contributed by atoms with Crippen molar-refractivity contribution in [3.63, 3.8) is 0 Å². The van der Waals surface area contributed by atoms with Crippen molar-refractivity contribution in [3.8, 4) is 0 Å². The maximum atomic E-state index is 12.0. The average Bonchev–Trinajstić information content (AvgIpc) is 2.39. The van der Waals surface area contributed by atoms with Gasteiger partial charge in [-0.05, 0) is 12.5 Å². The van der Waals surface area contributed by atoms with E-state index in [4.69, 9.17) is 4.74 Å². The van der Waals surface area contributed by atoms with Crippen LogP contribution >= 0.6 is 0 Å². The van der Waals surface area contributed by atoms with Crippen LogP contribution in [-0.4, -0.2) is 24.1 Å². The van der Waals surface area contributed by atoms with E-state index in [9.17, 15) is 14.4 Å². The van der Waals surface area contributed by atoms with E-state index >= 15 is 0 Å². The highest BCUT2D eigenvalue weighted by Gasteiger charge is 2.42. The lowest BCUT2D eigenvalue weighted by Crippen LogP contribution is -2.38. The summed E-state index contributed by atoms with van der Waals surface area (Å²) in [4.78, 5) is 35.5. The molecule has 0 N–H and O–H groups in total. The first-order chi connectivity index (χ1) is 9.13. The van der Waals surface area contributed by atoms with Gasteiger partial charge in [-0.15, -0.1) is 0 Å². The Hall–Kier alpha value is -1.97. The molecule has 0 spiro atoms. The second-order valence-corrected chi connectivity index (χ2v) is 4.63. The Morgan fingerprint density at radius 1 is 1.26 bits per heavy atom. The number of carbonyl (C=O) groups excluding carboxylic acids is 3. The fraction of sp³-hybridized carbons (Fsp3) is 0.400. The molecule has 4 heteroatoms. The Labute approximate surface area is 111 Å². The van der Waals surface area contributed by atoms with Gasteiger partial charge in [0.15, 0.2) is 5.78 Å². The Kier molecular flexibility index (Phi) is 4.10. The summed E-state index contributed by atoms with van der Waals surface area (Å²) in [6, 6.07) is 9.20. The van der Waals surface area contributed by atoms with Gasteiger partial charge < -0.3 is 4.74 Å². The summed E-state index contributed by atoms with van der Waals surface area (Å²) >= 11 is 0. The first-order valence-electron chi connectivity index (χ1n) is 6.39. The lowest BCUT2D eigenvalue weighted by molar-refractivity contribution is -0.154. The number of ketones is 2. The third kappa shape index (κ3) is 2.89. The van der Waals surface area contributed by atoms with Gasteiger partial charge in [-0.25, -0.2) is 0 Å². The summed E-state index contributed by atoms with van der Waals surface area (Å²) in [5, 5.41) is 0. The summed E-state index contributed by atoms with van der Waals surface area (Å²) < 4.78 is 4.97. The van der Waals surface area contributed by atoms with E-state index in [2.05, 4.69) is 0 Å². The molecule has 0 saturated heterocycles. The number of rotatable bonds is 3. The zero-order valence-corrected chi connectivity index (χ0v) is 10.8. The number of carbonyl (C=O) groups is 3. The van der Waals surface area contributed by atoms with Crippen molar-refractivity contribution in [3.05, 3.63) is 35.9 Å². The summed E-state index contributed by atoms with van der Waals surface area (Å²) in [5.41, 5.74) is 0.835. The molecule has 2 atom stereocenters. The van der Waals surface area contributed by atoms with Crippen LogP contribution in [0.1, 0.15) is 31.2 Å². The highest BCUT2D eigenvalue weighted by molar-refractivity contribution is 6.11. The van der Waals surface area contributed by atoms with Crippen molar-refractivity contribution in [2.75, 3.05) is 6.61 Å². The molecule has 0 radical (unpaired) electrons. The molecule has 1 aromatic rings. The second-order valence-electron chi connectivity index (χ2n) is 4.63. The van der Waals surface area contributed by atoms with Crippen molar-refractivity contribution in [2.45, 2.75) is 25.7 Å². The van der Waals surface area contributed by atoms with E-state index in [1.165, 1.54) is 0 Å². The van der Waals surface area contributed by atoms with Crippen molar-refractivity contribution < 1.29 is 19.1 Å². The molecule has 1 fully saturated rings. The van der Waals surface area contributed by atoms with E-state index < -0.39 is 17.8 Å². The predicted octanol–water partition coefficient (Wildman–Crippen LogP) is 1.88. The minimum atomic E-state index is -0.847. The van der Waals surface area contributed by atoms with Crippen LogP contribution in [0.2, 0.25) is 0 Å². The highest BCUT2D eigenvalue weighted by Crippen LogP contribution is 2.35. The number of esters is 1. The molecule has 0 heterocycles. The minimum absolute atomic E-state index is 0.112. The summed E-state index contributed by atoms with van der Waals surface area (Å²) in [5.74, 6) is -2.20. The molecule has 0 amide bonds. The first-order valence-corrected chi connectivity index (χ1v) is 6.39. The topological polar surface area (TPSA) is 60.4 Å². The van der Waals surface area contributed by atoms with Gasteiger partial charge in [0, 0.05) is 12.3 Å². The lowest BCUT2D eigenvalue weighted by atomic mass is 9.74. The maximum absolute atomic E-state index is 12.0. The van der Waals surface area contributed by atoms with Crippen LogP contribution in [0.25, 0.3) is 0 Å². The Morgan fingerprint density at radius 3 is 2.58 bits per heavy atom. The Balaban J connectivity index is 2.32. The van der Waals surface area contributed by atoms with Crippen molar-refractivity contribution >= 4 is 17.5 Å². The number of benzene rings is 1. The van der Waals surface area contributed by atoms with Gasteiger partial charge in [0.1, 0.15) is 11.7 Å². The Morgan fingerprint density at radius 2 is 1.95 bits per heavy atom. The third-order valence-corrected chi connectivity index (χ3v) is 3.34. The SMILES string of the molecule is CCOC(=O)[C@@H]1C(=O)CC(=O)C[C@@H]1c1ccccc1. The summed E-state index contributed by atoms with van der Waals surface area (Å²) in [6.45, 7) is 1.94. The number of hydrogen-bond acceptors (Lipinski definition) is 4. The fourth-order valence-electron chi connectivity index (χ4n) is 2.50. The standard InChI is InChI=1S/C15H16O4/c1-2-19-15(18)14-12(8-11(16)9-13(14)17)10-6-4-3-5-7-10/h3-7,12,14H,2,8-9H2,1H3/t12-,14+/m1/s1. The van der Waals surface area contributed by atoms with Gasteiger partial charge in [-0.1, -0.05) is 30.3 Å². The number of hydrogen-bond donors (Lipinski definition) is 0. The molecule has 1 saturated carbocycles. The van der Waals surface area contributed by atoms with E-state index in [1.54, 1.807) is 6.92 Å². The molecule has 0 bridgehead atoms. The van der Waals surface area contributed by atoms with Gasteiger partial charge >= 0.3 is 5.97 Å². The molecular formula is C15H16O4. The molecule has 4 nitrogen and oxygen atoms in total. The monoisotopic (exact) mass is 260 g/mol. The molecule has 1 aliphatic rings. The van der Waals surface area contributed by atoms with Crippen molar-refractivity contribution in [1.82, 2.24) is 0 Å². The minimum Gasteiger partial charge on any atom is -0.465 e.